The predicted molar refractivity (Wildman–Crippen MR) is 161 cm³/mol. The van der Waals surface area contributed by atoms with Gasteiger partial charge in [0.1, 0.15) is 0 Å². The molecule has 0 radical (unpaired) electrons. The van der Waals surface area contributed by atoms with Crippen LogP contribution < -0.4 is 24.6 Å². The van der Waals surface area contributed by atoms with Crippen LogP contribution in [0, 0.1) is 0 Å². The third kappa shape index (κ3) is 6.20. The molecule has 0 fully saturated rings. The van der Waals surface area contributed by atoms with Crippen molar-refractivity contribution in [2.45, 2.75) is 52.2 Å². The minimum Gasteiger partial charge on any atom is -0.493 e. The van der Waals surface area contributed by atoms with E-state index in [0.29, 0.717) is 23.1 Å². The van der Waals surface area contributed by atoms with E-state index < -0.39 is 6.04 Å². The molecule has 0 spiro atoms. The number of halogens is 1. The highest BCUT2D eigenvalue weighted by molar-refractivity contribution is 6.30. The average molecular weight is 564 g/mol. The Labute approximate surface area is 242 Å². The topological polar surface area (TPSA) is 71.1 Å². The van der Waals surface area contributed by atoms with Gasteiger partial charge in [0.05, 0.1) is 32.1 Å². The largest absolute Gasteiger partial charge is 0.493 e. The molecule has 1 unspecified atom stereocenters. The van der Waals surface area contributed by atoms with Gasteiger partial charge in [-0.2, -0.15) is 0 Å². The number of rotatable bonds is 10. The molecule has 1 heterocycles. The number of hydrogen-bond donors (Lipinski definition) is 1. The van der Waals surface area contributed by atoms with Crippen LogP contribution in [0.1, 0.15) is 55.5 Å². The summed E-state index contributed by atoms with van der Waals surface area (Å²) in [5.41, 5.74) is 5.19. The zero-order valence-electron chi connectivity index (χ0n) is 24.1. The molecule has 1 N–H and O–H groups in total. The first-order chi connectivity index (χ1) is 19.2. The number of ether oxygens (including phenoxy) is 2. The van der Waals surface area contributed by atoms with Crippen molar-refractivity contribution in [2.75, 3.05) is 37.5 Å². The Morgan fingerprint density at radius 2 is 1.80 bits per heavy atom. The number of amides is 2. The fourth-order valence-corrected chi connectivity index (χ4v) is 5.24. The molecule has 0 saturated carbocycles. The fourth-order valence-electron chi connectivity index (χ4n) is 5.05. The highest BCUT2D eigenvalue weighted by atomic mass is 35.5. The summed E-state index contributed by atoms with van der Waals surface area (Å²) in [6.07, 6.45) is 1.17. The summed E-state index contributed by atoms with van der Waals surface area (Å²) in [6, 6.07) is 16.9. The van der Waals surface area contributed by atoms with Crippen LogP contribution in [0.4, 0.5) is 11.4 Å². The van der Waals surface area contributed by atoms with Crippen molar-refractivity contribution >= 4 is 34.8 Å². The molecule has 2 atom stereocenters. The maximum Gasteiger partial charge on any atom is 0.232 e. The van der Waals surface area contributed by atoms with Crippen molar-refractivity contribution in [3.8, 4) is 11.5 Å². The molecule has 212 valence electrons. The lowest BCUT2D eigenvalue weighted by Crippen LogP contribution is -2.41. The van der Waals surface area contributed by atoms with Gasteiger partial charge in [0.15, 0.2) is 11.5 Å². The lowest BCUT2D eigenvalue weighted by Gasteiger charge is -2.39. The van der Waals surface area contributed by atoms with E-state index in [0.717, 1.165) is 40.0 Å². The average Bonchev–Trinajstić information content (AvgIpc) is 2.92. The number of likely N-dealkylation sites (N-methyl/N-ethyl adjacent to an activating group) is 1. The van der Waals surface area contributed by atoms with Gasteiger partial charge in [0, 0.05) is 37.0 Å². The highest BCUT2D eigenvalue weighted by Gasteiger charge is 2.37. The van der Waals surface area contributed by atoms with Gasteiger partial charge < -0.3 is 24.6 Å². The molecule has 0 aliphatic carbocycles. The molecule has 3 aromatic rings. The van der Waals surface area contributed by atoms with E-state index in [1.807, 2.05) is 92.3 Å². The number of carbonyl (C=O) groups excluding carboxylic acids is 2. The summed E-state index contributed by atoms with van der Waals surface area (Å²) in [6.45, 7) is 6.50. The number of anilines is 2. The summed E-state index contributed by atoms with van der Waals surface area (Å²) in [5, 5.41) is 3.41. The number of nitrogens with zero attached hydrogens (tertiary/aromatic N) is 2. The summed E-state index contributed by atoms with van der Waals surface area (Å²) in [7, 11) is 5.57. The highest BCUT2D eigenvalue weighted by Crippen LogP contribution is 2.45. The first kappa shape index (κ1) is 29.3. The number of nitrogens with one attached hydrogen (secondary N) is 1. The molecular formula is C32H38ClN3O4. The van der Waals surface area contributed by atoms with Crippen LogP contribution in [0.3, 0.4) is 0 Å². The lowest BCUT2D eigenvalue weighted by atomic mass is 9.84. The van der Waals surface area contributed by atoms with Crippen molar-refractivity contribution in [1.29, 1.82) is 0 Å². The fraction of sp³-hybridized carbons (Fsp3) is 0.375. The Balaban J connectivity index is 1.95. The Kier molecular flexibility index (Phi) is 9.25. The van der Waals surface area contributed by atoms with Crippen LogP contribution in [-0.2, 0) is 22.4 Å². The molecule has 1 aliphatic heterocycles. The molecule has 4 rings (SSSR count). The van der Waals surface area contributed by atoms with E-state index in [4.69, 9.17) is 21.1 Å². The minimum absolute atomic E-state index is 0.0193. The van der Waals surface area contributed by atoms with Crippen molar-refractivity contribution in [1.82, 2.24) is 5.32 Å². The van der Waals surface area contributed by atoms with E-state index in [1.54, 1.807) is 7.11 Å². The summed E-state index contributed by atoms with van der Waals surface area (Å²) >= 11 is 6.43. The Morgan fingerprint density at radius 1 is 1.07 bits per heavy atom. The van der Waals surface area contributed by atoms with E-state index in [1.165, 1.54) is 0 Å². The third-order valence-corrected chi connectivity index (χ3v) is 7.50. The first-order valence-electron chi connectivity index (χ1n) is 13.7. The smallest absolute Gasteiger partial charge is 0.232 e. The molecule has 8 heteroatoms. The standard InChI is InChI=1S/C32H38ClN3O4/c1-7-20(3)40-29-19-27-22(16-28(29)39-6)18-31(38)36(25-12-10-24(11-13-25)35(4)5)32(27)26-14-9-23(33)15-21(26)17-30(37)34-8-2/h9-16,19-20,32H,7-8,17-18H2,1-6H3,(H,34,37)/t20-,32?/m1/s1. The second-order valence-corrected chi connectivity index (χ2v) is 10.7. The monoisotopic (exact) mass is 563 g/mol. The van der Waals surface area contributed by atoms with Crippen LogP contribution in [0.5, 0.6) is 11.5 Å². The SMILES string of the molecule is CCNC(=O)Cc1cc(Cl)ccc1C1c2cc(O[C@H](C)CC)c(OC)cc2CC(=O)N1c1ccc(N(C)C)cc1. The van der Waals surface area contributed by atoms with E-state index in [9.17, 15) is 9.59 Å². The molecule has 0 bridgehead atoms. The summed E-state index contributed by atoms with van der Waals surface area (Å²) in [4.78, 5) is 30.5. The quantitative estimate of drug-likeness (QED) is 0.330. The summed E-state index contributed by atoms with van der Waals surface area (Å²) in [5.74, 6) is 1.06. The molecule has 3 aromatic carbocycles. The maximum atomic E-state index is 13.9. The molecule has 2 amide bonds. The second-order valence-electron chi connectivity index (χ2n) is 10.3. The van der Waals surface area contributed by atoms with Gasteiger partial charge in [-0.15, -0.1) is 0 Å². The Morgan fingerprint density at radius 3 is 2.42 bits per heavy atom. The molecule has 1 aliphatic rings. The second kappa shape index (κ2) is 12.6. The van der Waals surface area contributed by atoms with Gasteiger partial charge in [-0.1, -0.05) is 24.6 Å². The number of methoxy groups -OCH3 is 1. The van der Waals surface area contributed by atoms with Crippen molar-refractivity contribution in [3.63, 3.8) is 0 Å². The number of benzene rings is 3. The summed E-state index contributed by atoms with van der Waals surface area (Å²) < 4.78 is 11.9. The van der Waals surface area contributed by atoms with Crippen molar-refractivity contribution in [3.05, 3.63) is 81.9 Å². The van der Waals surface area contributed by atoms with Gasteiger partial charge in [-0.05, 0) is 91.1 Å². The van der Waals surface area contributed by atoms with Gasteiger partial charge >= 0.3 is 0 Å². The Hall–Kier alpha value is -3.71. The van der Waals surface area contributed by atoms with Crippen LogP contribution in [0.2, 0.25) is 5.02 Å². The van der Waals surface area contributed by atoms with Crippen LogP contribution in [0.25, 0.3) is 0 Å². The minimum atomic E-state index is -0.506. The third-order valence-electron chi connectivity index (χ3n) is 7.26. The van der Waals surface area contributed by atoms with Crippen molar-refractivity contribution < 1.29 is 19.1 Å². The van der Waals surface area contributed by atoms with Gasteiger partial charge in [0.25, 0.3) is 0 Å². The molecular weight excluding hydrogens is 526 g/mol. The number of carbonyl (C=O) groups is 2. The van der Waals surface area contributed by atoms with Crippen molar-refractivity contribution in [2.24, 2.45) is 0 Å². The van der Waals surface area contributed by atoms with E-state index in [2.05, 4.69) is 12.2 Å². The molecule has 0 aromatic heterocycles. The zero-order chi connectivity index (χ0) is 29.0. The maximum absolute atomic E-state index is 13.9. The van der Waals surface area contributed by atoms with E-state index >= 15 is 0 Å². The van der Waals surface area contributed by atoms with Crippen LogP contribution in [-0.4, -0.2) is 45.7 Å². The van der Waals surface area contributed by atoms with Crippen LogP contribution >= 0.6 is 11.6 Å². The first-order valence-corrected chi connectivity index (χ1v) is 14.1. The normalized spacial score (nSPS) is 15.3. The van der Waals surface area contributed by atoms with Gasteiger partial charge in [-0.3, -0.25) is 9.59 Å². The predicted octanol–water partition coefficient (Wildman–Crippen LogP) is 5.95. The Bertz CT molecular complexity index is 1370. The van der Waals surface area contributed by atoms with Gasteiger partial charge in [0.2, 0.25) is 11.8 Å². The lowest BCUT2D eigenvalue weighted by molar-refractivity contribution is -0.120. The number of fused-ring (bicyclic) bond motifs is 1. The number of hydrogen-bond acceptors (Lipinski definition) is 5. The van der Waals surface area contributed by atoms with Gasteiger partial charge in [-0.25, -0.2) is 0 Å². The van der Waals surface area contributed by atoms with Crippen LogP contribution in [0.15, 0.2) is 54.6 Å². The van der Waals surface area contributed by atoms with E-state index in [-0.39, 0.29) is 30.8 Å². The zero-order valence-corrected chi connectivity index (χ0v) is 24.8. The molecule has 7 nitrogen and oxygen atoms in total. The molecule has 40 heavy (non-hydrogen) atoms. The molecule has 0 saturated heterocycles.